The first-order valence-electron chi connectivity index (χ1n) is 5.98. The maximum absolute atomic E-state index is 11.9. The van der Waals surface area contributed by atoms with Gasteiger partial charge in [0.1, 0.15) is 12.9 Å². The highest BCUT2D eigenvalue weighted by Crippen LogP contribution is 2.22. The van der Waals surface area contributed by atoms with Crippen LogP contribution in [-0.2, 0) is 20.9 Å². The number of hydrogen-bond acceptors (Lipinski definition) is 7. The molecule has 2 rings (SSSR count). The lowest BCUT2D eigenvalue weighted by Crippen LogP contribution is -2.31. The molecule has 2 aromatic heterocycles. The first kappa shape index (κ1) is 16.1. The fourth-order valence-electron chi connectivity index (χ4n) is 1.40. The molecule has 0 fully saturated rings. The molecule has 0 bridgehead atoms. The van der Waals surface area contributed by atoms with Gasteiger partial charge in [0.05, 0.1) is 10.0 Å². The molecule has 9 nitrogen and oxygen atoms in total. The zero-order valence-corrected chi connectivity index (χ0v) is 12.7. The quantitative estimate of drug-likeness (QED) is 0.803. The third-order valence-corrected chi connectivity index (χ3v) is 2.90. The molecule has 0 aliphatic carbocycles. The Balaban J connectivity index is 1.90. The Labute approximate surface area is 134 Å². The second kappa shape index (κ2) is 7.14. The van der Waals surface area contributed by atoms with Gasteiger partial charge in [0.2, 0.25) is 0 Å². The molecule has 116 valence electrons. The van der Waals surface area contributed by atoms with Crippen LogP contribution in [0.2, 0.25) is 10.0 Å². The molecule has 0 radical (unpaired) electrons. The molecule has 1 atom stereocenters. The maximum atomic E-state index is 11.9. The third kappa shape index (κ3) is 4.37. The highest BCUT2D eigenvalue weighted by atomic mass is 35.5. The van der Waals surface area contributed by atoms with E-state index in [0.717, 1.165) is 0 Å². The number of carbonyl (C=O) groups excluding carboxylic acids is 2. The minimum absolute atomic E-state index is 0.124. The number of tetrazole rings is 1. The van der Waals surface area contributed by atoms with Gasteiger partial charge in [-0.3, -0.25) is 9.59 Å². The van der Waals surface area contributed by atoms with Crippen LogP contribution in [0.1, 0.15) is 6.92 Å². The molecule has 1 amide bonds. The van der Waals surface area contributed by atoms with Gasteiger partial charge in [-0.05, 0) is 23.4 Å². The number of pyridine rings is 1. The van der Waals surface area contributed by atoms with Crippen LogP contribution < -0.4 is 5.32 Å². The van der Waals surface area contributed by atoms with Gasteiger partial charge in [0, 0.05) is 6.20 Å². The summed E-state index contributed by atoms with van der Waals surface area (Å²) in [5.41, 5.74) is 0. The summed E-state index contributed by atoms with van der Waals surface area (Å²) in [5, 5.41) is 13.2. The topological polar surface area (TPSA) is 112 Å². The molecule has 0 saturated heterocycles. The summed E-state index contributed by atoms with van der Waals surface area (Å²) in [6.07, 6.45) is 1.54. The van der Waals surface area contributed by atoms with E-state index in [2.05, 4.69) is 25.8 Å². The van der Waals surface area contributed by atoms with E-state index in [9.17, 15) is 9.59 Å². The van der Waals surface area contributed by atoms with Crippen LogP contribution in [-0.4, -0.2) is 43.2 Å². The molecule has 2 heterocycles. The number of aromatic nitrogens is 5. The number of halogens is 2. The van der Waals surface area contributed by atoms with Crippen molar-refractivity contribution in [1.82, 2.24) is 25.2 Å². The van der Waals surface area contributed by atoms with Gasteiger partial charge in [-0.25, -0.2) is 9.67 Å². The zero-order chi connectivity index (χ0) is 16.1. The predicted molar refractivity (Wildman–Crippen MR) is 76.3 cm³/mol. The highest BCUT2D eigenvalue weighted by Gasteiger charge is 2.19. The Hall–Kier alpha value is -2.26. The number of rotatable bonds is 5. The van der Waals surface area contributed by atoms with Crippen LogP contribution in [0, 0.1) is 0 Å². The second-order valence-corrected chi connectivity index (χ2v) is 4.96. The van der Waals surface area contributed by atoms with Gasteiger partial charge >= 0.3 is 5.97 Å². The number of carbonyl (C=O) groups is 2. The van der Waals surface area contributed by atoms with Crippen molar-refractivity contribution < 1.29 is 14.3 Å². The van der Waals surface area contributed by atoms with Gasteiger partial charge in [-0.1, -0.05) is 23.2 Å². The molecule has 0 saturated carbocycles. The molecule has 0 spiro atoms. The molecule has 11 heteroatoms. The Bertz CT molecular complexity index is 678. The van der Waals surface area contributed by atoms with E-state index in [4.69, 9.17) is 27.9 Å². The molecule has 2 aromatic rings. The van der Waals surface area contributed by atoms with Crippen LogP contribution >= 0.6 is 23.2 Å². The van der Waals surface area contributed by atoms with Crippen LogP contribution in [0.25, 0.3) is 0 Å². The van der Waals surface area contributed by atoms with Crippen LogP contribution in [0.4, 0.5) is 5.82 Å². The number of nitrogens with zero attached hydrogens (tertiary/aromatic N) is 5. The van der Waals surface area contributed by atoms with Gasteiger partial charge in [-0.2, -0.15) is 0 Å². The largest absolute Gasteiger partial charge is 0.451 e. The number of esters is 1. The average Bonchev–Trinajstić information content (AvgIpc) is 2.94. The summed E-state index contributed by atoms with van der Waals surface area (Å²) >= 11 is 11.6. The third-order valence-electron chi connectivity index (χ3n) is 2.41. The van der Waals surface area contributed by atoms with Gasteiger partial charge in [-0.15, -0.1) is 5.10 Å². The lowest BCUT2D eigenvalue weighted by Gasteiger charge is -2.13. The Kier molecular flexibility index (Phi) is 5.23. The minimum atomic E-state index is -1.04. The van der Waals surface area contributed by atoms with Crippen molar-refractivity contribution in [3.63, 3.8) is 0 Å². The summed E-state index contributed by atoms with van der Waals surface area (Å²) in [7, 11) is 0. The van der Waals surface area contributed by atoms with Crippen molar-refractivity contribution in [2.75, 3.05) is 5.32 Å². The molecule has 0 aliphatic rings. The molecule has 0 aliphatic heterocycles. The summed E-state index contributed by atoms with van der Waals surface area (Å²) in [4.78, 5) is 27.4. The molecule has 1 N–H and O–H groups in total. The number of hydrogen-bond donors (Lipinski definition) is 1. The number of ether oxygens (including phenoxy) is 1. The predicted octanol–water partition coefficient (Wildman–Crippen LogP) is 0.945. The van der Waals surface area contributed by atoms with Crippen molar-refractivity contribution >= 4 is 40.9 Å². The summed E-state index contributed by atoms with van der Waals surface area (Å²) < 4.78 is 6.13. The lowest BCUT2D eigenvalue weighted by molar-refractivity contribution is -0.154. The van der Waals surface area contributed by atoms with E-state index in [-0.39, 0.29) is 17.4 Å². The maximum Gasteiger partial charge on any atom is 0.328 e. The summed E-state index contributed by atoms with van der Waals surface area (Å²) in [6.45, 7) is 1.21. The van der Waals surface area contributed by atoms with E-state index in [1.54, 1.807) is 0 Å². The molecule has 22 heavy (non-hydrogen) atoms. The lowest BCUT2D eigenvalue weighted by atomic mass is 10.3. The van der Waals surface area contributed by atoms with Crippen LogP contribution in [0.3, 0.4) is 0 Å². The first-order valence-corrected chi connectivity index (χ1v) is 6.73. The number of nitrogens with one attached hydrogen (secondary N) is 1. The molecular weight excluding hydrogens is 335 g/mol. The van der Waals surface area contributed by atoms with Crippen molar-refractivity contribution in [1.29, 1.82) is 0 Å². The van der Waals surface area contributed by atoms with Crippen molar-refractivity contribution in [2.45, 2.75) is 19.6 Å². The van der Waals surface area contributed by atoms with E-state index in [1.807, 2.05) is 0 Å². The number of amides is 1. The monoisotopic (exact) mass is 344 g/mol. The van der Waals surface area contributed by atoms with Crippen molar-refractivity contribution in [2.24, 2.45) is 0 Å². The van der Waals surface area contributed by atoms with Crippen molar-refractivity contribution in [3.8, 4) is 0 Å². The standard InChI is InChI=1S/C11H10Cl2N6O3/c1-6(22-9(20)4-19-5-15-17-18-19)11(21)16-10-8(13)2-7(12)3-14-10/h2-3,5-6H,4H2,1H3,(H,14,16,21)/t6-/m1/s1. The Morgan fingerprint density at radius 1 is 1.45 bits per heavy atom. The smallest absolute Gasteiger partial charge is 0.328 e. The zero-order valence-electron chi connectivity index (χ0n) is 11.2. The van der Waals surface area contributed by atoms with Gasteiger partial charge < -0.3 is 10.1 Å². The normalized spacial score (nSPS) is 11.8. The van der Waals surface area contributed by atoms with E-state index < -0.39 is 18.0 Å². The Morgan fingerprint density at radius 2 is 2.23 bits per heavy atom. The van der Waals surface area contributed by atoms with Crippen LogP contribution in [0.15, 0.2) is 18.6 Å². The van der Waals surface area contributed by atoms with E-state index in [0.29, 0.717) is 5.02 Å². The fraction of sp³-hybridized carbons (Fsp3) is 0.273. The minimum Gasteiger partial charge on any atom is -0.451 e. The highest BCUT2D eigenvalue weighted by molar-refractivity contribution is 6.36. The summed E-state index contributed by atoms with van der Waals surface area (Å²) in [6, 6.07) is 1.43. The van der Waals surface area contributed by atoms with Crippen LogP contribution in [0.5, 0.6) is 0 Å². The van der Waals surface area contributed by atoms with Gasteiger partial charge in [0.25, 0.3) is 5.91 Å². The van der Waals surface area contributed by atoms with E-state index in [1.165, 1.54) is 30.2 Å². The molecule has 0 unspecified atom stereocenters. The second-order valence-electron chi connectivity index (χ2n) is 4.11. The SMILES string of the molecule is C[C@@H](OC(=O)Cn1cnnn1)C(=O)Nc1ncc(Cl)cc1Cl. The molecular formula is C11H10Cl2N6O3. The van der Waals surface area contributed by atoms with Crippen molar-refractivity contribution in [3.05, 3.63) is 28.6 Å². The summed E-state index contributed by atoms with van der Waals surface area (Å²) in [5.74, 6) is -1.12. The average molecular weight is 345 g/mol. The Morgan fingerprint density at radius 3 is 2.86 bits per heavy atom. The number of anilines is 1. The van der Waals surface area contributed by atoms with E-state index >= 15 is 0 Å². The molecule has 0 aromatic carbocycles. The van der Waals surface area contributed by atoms with Gasteiger partial charge in [0.15, 0.2) is 11.9 Å². The first-order chi connectivity index (χ1) is 10.5. The fourth-order valence-corrected chi connectivity index (χ4v) is 1.83.